The monoisotopic (exact) mass is 301 g/mol. The minimum Gasteiger partial charge on any atom is -0.487 e. The summed E-state index contributed by atoms with van der Waals surface area (Å²) in [5.41, 5.74) is -0.408. The molecule has 0 aliphatic carbocycles. The molecule has 1 fully saturated rings. The number of β-amino-alcohol motifs (C(OH)–C–C–N with tert-alkyl or cyclic N) is 1. The zero-order valence-corrected chi connectivity index (χ0v) is 12.3. The van der Waals surface area contributed by atoms with E-state index in [1.165, 1.54) is 32.5 Å². The van der Waals surface area contributed by atoms with Crippen molar-refractivity contribution in [2.45, 2.75) is 25.4 Å². The van der Waals surface area contributed by atoms with Crippen LogP contribution < -0.4 is 10.3 Å². The van der Waals surface area contributed by atoms with E-state index in [-0.39, 0.29) is 17.4 Å². The van der Waals surface area contributed by atoms with Crippen LogP contribution in [0.3, 0.4) is 0 Å². The Morgan fingerprint density at radius 1 is 1.45 bits per heavy atom. The zero-order valence-electron chi connectivity index (χ0n) is 11.6. The van der Waals surface area contributed by atoms with E-state index in [2.05, 4.69) is 10.00 Å². The maximum Gasteiger partial charge on any atom is 0.289 e. The summed E-state index contributed by atoms with van der Waals surface area (Å²) < 4.78 is 6.53. The third-order valence-electron chi connectivity index (χ3n) is 3.40. The molecule has 0 bridgehead atoms. The molecule has 1 aliphatic rings. The largest absolute Gasteiger partial charge is 0.487 e. The van der Waals surface area contributed by atoms with Gasteiger partial charge >= 0.3 is 0 Å². The molecule has 1 aliphatic heterocycles. The first-order chi connectivity index (χ1) is 9.58. The highest BCUT2D eigenvalue weighted by atomic mass is 35.5. The van der Waals surface area contributed by atoms with E-state index in [0.29, 0.717) is 6.54 Å². The first kappa shape index (κ1) is 15.3. The summed E-state index contributed by atoms with van der Waals surface area (Å²) >= 11 is 5.88. The van der Waals surface area contributed by atoms with Crippen LogP contribution in [0.15, 0.2) is 11.0 Å². The zero-order chi connectivity index (χ0) is 14.5. The summed E-state index contributed by atoms with van der Waals surface area (Å²) in [6.07, 6.45) is 4.40. The van der Waals surface area contributed by atoms with E-state index in [1.54, 1.807) is 0 Å². The van der Waals surface area contributed by atoms with Crippen LogP contribution in [0.1, 0.15) is 19.3 Å². The van der Waals surface area contributed by atoms with E-state index in [9.17, 15) is 9.90 Å². The van der Waals surface area contributed by atoms with E-state index in [1.807, 2.05) is 0 Å². The van der Waals surface area contributed by atoms with Gasteiger partial charge in [0.25, 0.3) is 5.56 Å². The number of nitrogens with zero attached hydrogens (tertiary/aromatic N) is 3. The Hall–Kier alpha value is -1.11. The van der Waals surface area contributed by atoms with Gasteiger partial charge in [0.15, 0.2) is 10.8 Å². The number of rotatable bonds is 5. The molecule has 2 rings (SSSR count). The average Bonchev–Trinajstić information content (AvgIpc) is 2.45. The molecule has 0 amide bonds. The third-order valence-corrected chi connectivity index (χ3v) is 3.74. The van der Waals surface area contributed by atoms with Crippen LogP contribution in [0, 0.1) is 0 Å². The molecule has 7 heteroatoms. The summed E-state index contributed by atoms with van der Waals surface area (Å²) in [6, 6.07) is 0. The van der Waals surface area contributed by atoms with Gasteiger partial charge in [-0.2, -0.15) is 5.10 Å². The number of halogens is 1. The Morgan fingerprint density at radius 3 is 2.85 bits per heavy atom. The normalized spacial score (nSPS) is 17.9. The Labute approximate surface area is 122 Å². The molecule has 1 atom stereocenters. The van der Waals surface area contributed by atoms with Crippen LogP contribution in [0.4, 0.5) is 0 Å². The van der Waals surface area contributed by atoms with Crippen molar-refractivity contribution in [1.82, 2.24) is 14.7 Å². The maximum absolute atomic E-state index is 11.6. The quantitative estimate of drug-likeness (QED) is 0.865. The second-order valence-electron chi connectivity index (χ2n) is 5.08. The van der Waals surface area contributed by atoms with E-state index >= 15 is 0 Å². The van der Waals surface area contributed by atoms with Gasteiger partial charge in [0.2, 0.25) is 0 Å². The fraction of sp³-hybridized carbons (Fsp3) is 0.692. The lowest BCUT2D eigenvalue weighted by atomic mass is 10.1. The SMILES string of the molecule is Cn1ncc(OC[C@H](O)CN2CCCCC2)c(Cl)c1=O. The lowest BCUT2D eigenvalue weighted by molar-refractivity contribution is 0.0615. The number of aliphatic hydroxyl groups excluding tert-OH is 1. The van der Waals surface area contributed by atoms with Crippen LogP contribution in [0.25, 0.3) is 0 Å². The van der Waals surface area contributed by atoms with Crippen molar-refractivity contribution >= 4 is 11.6 Å². The molecule has 112 valence electrons. The number of hydrogen-bond acceptors (Lipinski definition) is 5. The highest BCUT2D eigenvalue weighted by molar-refractivity contribution is 6.31. The van der Waals surface area contributed by atoms with Gasteiger partial charge in [-0.05, 0) is 25.9 Å². The highest BCUT2D eigenvalue weighted by Gasteiger charge is 2.16. The predicted molar refractivity (Wildman–Crippen MR) is 76.3 cm³/mol. The van der Waals surface area contributed by atoms with Gasteiger partial charge in [0, 0.05) is 13.6 Å². The van der Waals surface area contributed by atoms with Crippen molar-refractivity contribution < 1.29 is 9.84 Å². The lowest BCUT2D eigenvalue weighted by Crippen LogP contribution is -2.38. The van der Waals surface area contributed by atoms with Crippen LogP contribution in [-0.2, 0) is 7.05 Å². The van der Waals surface area contributed by atoms with Gasteiger partial charge < -0.3 is 14.7 Å². The van der Waals surface area contributed by atoms with Crippen molar-refractivity contribution in [3.05, 3.63) is 21.6 Å². The van der Waals surface area contributed by atoms with Crippen LogP contribution in [0.2, 0.25) is 5.02 Å². The van der Waals surface area contributed by atoms with Gasteiger partial charge in [0.05, 0.1) is 6.20 Å². The Bertz CT molecular complexity index is 500. The van der Waals surface area contributed by atoms with Crippen molar-refractivity contribution in [2.24, 2.45) is 7.05 Å². The minimum atomic E-state index is -0.603. The molecule has 0 radical (unpaired) electrons. The third kappa shape index (κ3) is 3.94. The summed E-state index contributed by atoms with van der Waals surface area (Å²) in [7, 11) is 1.52. The number of likely N-dealkylation sites (tertiary alicyclic amines) is 1. The number of piperidine rings is 1. The number of hydrogen-bond donors (Lipinski definition) is 1. The van der Waals surface area contributed by atoms with Gasteiger partial charge in [0.1, 0.15) is 12.7 Å². The van der Waals surface area contributed by atoms with Crippen LogP contribution >= 0.6 is 11.6 Å². The van der Waals surface area contributed by atoms with Gasteiger partial charge in [-0.1, -0.05) is 18.0 Å². The van der Waals surface area contributed by atoms with Crippen molar-refractivity contribution in [3.8, 4) is 5.75 Å². The Morgan fingerprint density at radius 2 is 2.15 bits per heavy atom. The Kier molecular flexibility index (Phi) is 5.39. The first-order valence-corrected chi connectivity index (χ1v) is 7.20. The summed E-state index contributed by atoms with van der Waals surface area (Å²) in [5, 5.41) is 13.8. The average molecular weight is 302 g/mol. The van der Waals surface area contributed by atoms with E-state index < -0.39 is 11.7 Å². The molecule has 1 saturated heterocycles. The predicted octanol–water partition coefficient (Wildman–Crippen LogP) is 0.659. The van der Waals surface area contributed by atoms with Crippen LogP contribution in [-0.4, -0.2) is 52.1 Å². The fourth-order valence-electron chi connectivity index (χ4n) is 2.27. The molecule has 0 aromatic carbocycles. The lowest BCUT2D eigenvalue weighted by Gasteiger charge is -2.28. The van der Waals surface area contributed by atoms with Gasteiger partial charge in [-0.15, -0.1) is 0 Å². The molecule has 1 aromatic heterocycles. The molecule has 6 nitrogen and oxygen atoms in total. The number of aryl methyl sites for hydroxylation is 1. The van der Waals surface area contributed by atoms with Crippen molar-refractivity contribution in [1.29, 1.82) is 0 Å². The first-order valence-electron chi connectivity index (χ1n) is 6.83. The molecule has 0 spiro atoms. The number of aliphatic hydroxyl groups is 1. The molecule has 2 heterocycles. The summed E-state index contributed by atoms with van der Waals surface area (Å²) in [4.78, 5) is 13.8. The smallest absolute Gasteiger partial charge is 0.289 e. The maximum atomic E-state index is 11.6. The van der Waals surface area contributed by atoms with Gasteiger partial charge in [-0.25, -0.2) is 4.68 Å². The molecule has 0 saturated carbocycles. The van der Waals surface area contributed by atoms with Crippen molar-refractivity contribution in [2.75, 3.05) is 26.2 Å². The summed E-state index contributed by atoms with van der Waals surface area (Å²) in [5.74, 6) is 0.215. The Balaban J connectivity index is 1.85. The summed E-state index contributed by atoms with van der Waals surface area (Å²) in [6.45, 7) is 2.72. The fourth-order valence-corrected chi connectivity index (χ4v) is 2.50. The highest BCUT2D eigenvalue weighted by Crippen LogP contribution is 2.18. The van der Waals surface area contributed by atoms with Crippen LogP contribution in [0.5, 0.6) is 5.75 Å². The molecule has 0 unspecified atom stereocenters. The molecular formula is C13H20ClN3O3. The second-order valence-corrected chi connectivity index (χ2v) is 5.46. The standard InChI is InChI=1S/C13H20ClN3O3/c1-16-13(19)12(14)11(7-15-16)20-9-10(18)8-17-5-3-2-4-6-17/h7,10,18H,2-6,8-9H2,1H3/t10-/m1/s1. The second kappa shape index (κ2) is 7.06. The number of ether oxygens (including phenoxy) is 1. The molecule has 1 N–H and O–H groups in total. The number of aromatic nitrogens is 2. The van der Waals surface area contributed by atoms with Crippen molar-refractivity contribution in [3.63, 3.8) is 0 Å². The molecule has 1 aromatic rings. The molecular weight excluding hydrogens is 282 g/mol. The van der Waals surface area contributed by atoms with Gasteiger partial charge in [-0.3, -0.25) is 4.79 Å². The van der Waals surface area contributed by atoms with E-state index in [4.69, 9.17) is 16.3 Å². The minimum absolute atomic E-state index is 0.00678. The molecule has 20 heavy (non-hydrogen) atoms. The topological polar surface area (TPSA) is 67.6 Å². The van der Waals surface area contributed by atoms with E-state index in [0.717, 1.165) is 17.8 Å².